The number of guanidine groups is 1. The molecule has 0 fully saturated rings. The number of hydrogen-bond acceptors (Lipinski definition) is 4. The van der Waals surface area contributed by atoms with Gasteiger partial charge in [0.25, 0.3) is 0 Å². The van der Waals surface area contributed by atoms with Gasteiger partial charge in [-0.15, -0.1) is 0 Å². The van der Waals surface area contributed by atoms with Gasteiger partial charge in [0.15, 0.2) is 5.96 Å². The van der Waals surface area contributed by atoms with E-state index in [1.54, 1.807) is 7.11 Å². The van der Waals surface area contributed by atoms with E-state index in [2.05, 4.69) is 68.8 Å². The van der Waals surface area contributed by atoms with Gasteiger partial charge < -0.3 is 20.3 Å². The Morgan fingerprint density at radius 2 is 2.04 bits per heavy atom. The Bertz CT molecular complexity index is 546. The number of nitrogens with zero attached hydrogens (tertiary/aromatic N) is 2. The molecule has 142 valence electrons. The van der Waals surface area contributed by atoms with Gasteiger partial charge in [-0.1, -0.05) is 12.1 Å². The lowest BCUT2D eigenvalue weighted by Gasteiger charge is -2.27. The van der Waals surface area contributed by atoms with Crippen LogP contribution in [0.15, 0.2) is 29.3 Å². The summed E-state index contributed by atoms with van der Waals surface area (Å²) in [6.07, 6.45) is 2.13. The van der Waals surface area contributed by atoms with E-state index >= 15 is 0 Å². The van der Waals surface area contributed by atoms with Gasteiger partial charge in [-0.05, 0) is 58.8 Å². The van der Waals surface area contributed by atoms with Crippen molar-refractivity contribution in [1.82, 2.24) is 15.5 Å². The molecule has 0 bridgehead atoms. The zero-order valence-electron chi connectivity index (χ0n) is 16.7. The molecular weight excluding hydrogens is 332 g/mol. The van der Waals surface area contributed by atoms with Crippen molar-refractivity contribution in [1.29, 1.82) is 0 Å². The maximum absolute atomic E-state index is 5.36. The maximum atomic E-state index is 5.36. The van der Waals surface area contributed by atoms with E-state index in [4.69, 9.17) is 9.73 Å². The van der Waals surface area contributed by atoms with Crippen LogP contribution in [0.5, 0.6) is 5.75 Å². The Hall–Kier alpha value is -1.40. The average molecular weight is 367 g/mol. The van der Waals surface area contributed by atoms with Gasteiger partial charge in [-0.3, -0.25) is 4.99 Å². The lowest BCUT2D eigenvalue weighted by atomic mass is 10.1. The van der Waals surface area contributed by atoms with E-state index in [1.165, 1.54) is 5.56 Å². The molecule has 0 amide bonds. The molecule has 0 radical (unpaired) electrons. The lowest BCUT2D eigenvalue weighted by molar-refractivity contribution is 0.297. The molecule has 0 aliphatic heterocycles. The van der Waals surface area contributed by atoms with Crippen LogP contribution in [0.1, 0.15) is 32.4 Å². The third-order valence-corrected chi connectivity index (χ3v) is 5.31. The van der Waals surface area contributed by atoms with E-state index in [1.807, 2.05) is 23.9 Å². The highest BCUT2D eigenvalue weighted by molar-refractivity contribution is 7.99. The van der Waals surface area contributed by atoms with Crippen LogP contribution in [-0.4, -0.2) is 62.7 Å². The number of methoxy groups -OCH3 is 1. The summed E-state index contributed by atoms with van der Waals surface area (Å²) in [6, 6.07) is 8.46. The molecule has 0 saturated heterocycles. The number of rotatable bonds is 9. The zero-order chi connectivity index (χ0) is 18.9. The van der Waals surface area contributed by atoms with Crippen LogP contribution in [0.4, 0.5) is 0 Å². The summed E-state index contributed by atoms with van der Waals surface area (Å²) < 4.78 is 5.49. The van der Waals surface area contributed by atoms with Crippen molar-refractivity contribution >= 4 is 17.7 Å². The largest absolute Gasteiger partial charge is 0.497 e. The van der Waals surface area contributed by atoms with Crippen molar-refractivity contribution in [2.45, 2.75) is 31.6 Å². The zero-order valence-corrected chi connectivity index (χ0v) is 17.5. The third kappa shape index (κ3) is 7.57. The summed E-state index contributed by atoms with van der Waals surface area (Å²) in [6.45, 7) is 8.90. The van der Waals surface area contributed by atoms with Crippen molar-refractivity contribution < 1.29 is 4.74 Å². The van der Waals surface area contributed by atoms with E-state index in [0.29, 0.717) is 0 Å². The molecule has 1 rings (SSSR count). The minimum absolute atomic E-state index is 0.135. The summed E-state index contributed by atoms with van der Waals surface area (Å²) in [7, 11) is 5.88. The van der Waals surface area contributed by atoms with Crippen LogP contribution in [0, 0.1) is 0 Å². The standard InChI is InChI=1S/C19H34N4OS/c1-8-20-18(22-14-19(2,3)25-7)21-13-17(23(4)5)15-10-9-11-16(12-15)24-6/h9-12,17H,8,13-14H2,1-7H3,(H2,20,21,22). The van der Waals surface area contributed by atoms with Crippen molar-refractivity contribution in [3.05, 3.63) is 29.8 Å². The van der Waals surface area contributed by atoms with E-state index in [-0.39, 0.29) is 10.8 Å². The summed E-state index contributed by atoms with van der Waals surface area (Å²) in [5.41, 5.74) is 1.22. The molecule has 0 aliphatic carbocycles. The summed E-state index contributed by atoms with van der Waals surface area (Å²) in [5, 5.41) is 6.82. The number of nitrogens with one attached hydrogen (secondary N) is 2. The molecule has 2 N–H and O–H groups in total. The predicted molar refractivity (Wildman–Crippen MR) is 111 cm³/mol. The van der Waals surface area contributed by atoms with E-state index in [9.17, 15) is 0 Å². The van der Waals surface area contributed by atoms with Gasteiger partial charge >= 0.3 is 0 Å². The van der Waals surface area contributed by atoms with Crippen molar-refractivity contribution in [3.8, 4) is 5.75 Å². The van der Waals surface area contributed by atoms with Crippen LogP contribution < -0.4 is 15.4 Å². The van der Waals surface area contributed by atoms with Gasteiger partial charge in [0.1, 0.15) is 5.75 Å². The van der Waals surface area contributed by atoms with Crippen molar-refractivity contribution in [2.75, 3.05) is 47.1 Å². The molecule has 5 nitrogen and oxygen atoms in total. The molecule has 1 atom stereocenters. The molecule has 1 unspecified atom stereocenters. The molecule has 0 spiro atoms. The number of hydrogen-bond donors (Lipinski definition) is 2. The Morgan fingerprint density at radius 3 is 2.60 bits per heavy atom. The maximum Gasteiger partial charge on any atom is 0.191 e. The van der Waals surface area contributed by atoms with Crippen LogP contribution in [-0.2, 0) is 0 Å². The van der Waals surface area contributed by atoms with Gasteiger partial charge in [-0.25, -0.2) is 0 Å². The van der Waals surface area contributed by atoms with Crippen LogP contribution in [0.25, 0.3) is 0 Å². The monoisotopic (exact) mass is 366 g/mol. The Labute approximate surface area is 157 Å². The molecule has 0 aliphatic rings. The second kappa shape index (κ2) is 10.6. The third-order valence-electron chi connectivity index (χ3n) is 4.08. The second-order valence-corrected chi connectivity index (χ2v) is 8.31. The average Bonchev–Trinajstić information content (AvgIpc) is 2.59. The predicted octanol–water partition coefficient (Wildman–Crippen LogP) is 2.99. The molecular formula is C19H34N4OS. The van der Waals surface area contributed by atoms with Crippen LogP contribution in [0.2, 0.25) is 0 Å². The SMILES string of the molecule is CCNC(=NCC(C)(C)SC)NCC(c1cccc(OC)c1)N(C)C. The lowest BCUT2D eigenvalue weighted by Crippen LogP contribution is -2.42. The fourth-order valence-electron chi connectivity index (χ4n) is 2.32. The first kappa shape index (κ1) is 21.6. The molecule has 0 saturated carbocycles. The second-order valence-electron chi connectivity index (χ2n) is 6.80. The summed E-state index contributed by atoms with van der Waals surface area (Å²) in [4.78, 5) is 6.95. The molecule has 0 heterocycles. The van der Waals surface area contributed by atoms with E-state index < -0.39 is 0 Å². The van der Waals surface area contributed by atoms with E-state index in [0.717, 1.165) is 31.3 Å². The quantitative estimate of drug-likeness (QED) is 0.520. The number of thioether (sulfide) groups is 1. The molecule has 25 heavy (non-hydrogen) atoms. The van der Waals surface area contributed by atoms with Crippen LogP contribution in [0.3, 0.4) is 0 Å². The minimum Gasteiger partial charge on any atom is -0.497 e. The fourth-order valence-corrected chi connectivity index (χ4v) is 2.51. The summed E-state index contributed by atoms with van der Waals surface area (Å²) >= 11 is 1.83. The molecule has 1 aromatic rings. The van der Waals surface area contributed by atoms with Crippen molar-refractivity contribution in [3.63, 3.8) is 0 Å². The first-order chi connectivity index (χ1) is 11.8. The van der Waals surface area contributed by atoms with Gasteiger partial charge in [0.2, 0.25) is 0 Å². The highest BCUT2D eigenvalue weighted by Gasteiger charge is 2.17. The molecule has 6 heteroatoms. The smallest absolute Gasteiger partial charge is 0.191 e. The highest BCUT2D eigenvalue weighted by Crippen LogP contribution is 2.22. The number of aliphatic imine (C=N–C) groups is 1. The van der Waals surface area contributed by atoms with Crippen molar-refractivity contribution in [2.24, 2.45) is 4.99 Å². The van der Waals surface area contributed by atoms with Crippen LogP contribution >= 0.6 is 11.8 Å². The Morgan fingerprint density at radius 1 is 1.32 bits per heavy atom. The van der Waals surface area contributed by atoms with Gasteiger partial charge in [0.05, 0.1) is 19.7 Å². The summed E-state index contributed by atoms with van der Waals surface area (Å²) in [5.74, 6) is 1.74. The highest BCUT2D eigenvalue weighted by atomic mass is 32.2. The molecule has 1 aromatic carbocycles. The topological polar surface area (TPSA) is 48.9 Å². The van der Waals surface area contributed by atoms with Gasteiger partial charge in [0, 0.05) is 17.8 Å². The van der Waals surface area contributed by atoms with Gasteiger partial charge in [-0.2, -0.15) is 11.8 Å². The number of ether oxygens (including phenoxy) is 1. The Balaban J connectivity index is 2.83. The molecule has 0 aromatic heterocycles. The Kier molecular flexibility index (Phi) is 9.14. The number of likely N-dealkylation sites (N-methyl/N-ethyl adjacent to an activating group) is 1. The number of benzene rings is 1. The minimum atomic E-state index is 0.135. The first-order valence-corrected chi connectivity index (χ1v) is 9.93. The normalized spacial score (nSPS) is 13.7. The fraction of sp³-hybridized carbons (Fsp3) is 0.632. The first-order valence-electron chi connectivity index (χ1n) is 8.70.